The fourth-order valence-corrected chi connectivity index (χ4v) is 3.22. The second-order valence-electron chi connectivity index (χ2n) is 6.36. The van der Waals surface area contributed by atoms with E-state index in [-0.39, 0.29) is 5.97 Å². The van der Waals surface area contributed by atoms with Crippen LogP contribution in [0, 0.1) is 0 Å². The van der Waals surface area contributed by atoms with Gasteiger partial charge in [-0.2, -0.15) is 5.10 Å². The number of methoxy groups -OCH3 is 1. The molecule has 1 aromatic heterocycles. The van der Waals surface area contributed by atoms with Crippen LogP contribution in [0.5, 0.6) is 0 Å². The molecule has 1 fully saturated rings. The fraction of sp³-hybridized carbons (Fsp3) is 0.300. The zero-order valence-electron chi connectivity index (χ0n) is 14.7. The molecular weight excluding hydrogens is 330 g/mol. The molecular formula is C20H21N3O3. The number of esters is 1. The molecule has 0 aliphatic carbocycles. The van der Waals surface area contributed by atoms with Crippen LogP contribution in [0.3, 0.4) is 0 Å². The van der Waals surface area contributed by atoms with Gasteiger partial charge in [-0.25, -0.2) is 9.48 Å². The molecule has 1 aliphatic heterocycles. The smallest absolute Gasteiger partial charge is 0.340 e. The van der Waals surface area contributed by atoms with Crippen molar-refractivity contribution < 1.29 is 14.3 Å². The van der Waals surface area contributed by atoms with Gasteiger partial charge in [-0.05, 0) is 23.8 Å². The highest BCUT2D eigenvalue weighted by Gasteiger charge is 2.14. The quantitative estimate of drug-likeness (QED) is 0.677. The molecule has 0 spiro atoms. The standard InChI is InChI=1S/C20H21N3O3/c1-25-20(24)18-4-2-3-16-14-23(21-19(16)18)17-7-5-15(6-8-17)13-22-9-11-26-12-10-22/h2-8,14H,9-13H2,1H3. The summed E-state index contributed by atoms with van der Waals surface area (Å²) in [5.41, 5.74) is 3.36. The number of rotatable bonds is 4. The highest BCUT2D eigenvalue weighted by atomic mass is 16.5. The summed E-state index contributed by atoms with van der Waals surface area (Å²) in [6.07, 6.45) is 1.93. The summed E-state index contributed by atoms with van der Waals surface area (Å²) in [4.78, 5) is 14.3. The van der Waals surface area contributed by atoms with Crippen LogP contribution in [-0.2, 0) is 16.0 Å². The first-order valence-electron chi connectivity index (χ1n) is 8.71. The molecule has 0 N–H and O–H groups in total. The Balaban J connectivity index is 1.58. The number of aromatic nitrogens is 2. The van der Waals surface area contributed by atoms with Crippen molar-refractivity contribution in [2.45, 2.75) is 6.54 Å². The molecule has 134 valence electrons. The SMILES string of the molecule is COC(=O)c1cccc2cn(-c3ccc(CN4CCOCC4)cc3)nc12. The van der Waals surface area contributed by atoms with Crippen molar-refractivity contribution in [1.82, 2.24) is 14.7 Å². The Morgan fingerprint density at radius 3 is 2.65 bits per heavy atom. The van der Waals surface area contributed by atoms with Crippen molar-refractivity contribution in [2.75, 3.05) is 33.4 Å². The molecule has 3 aromatic rings. The molecule has 0 unspecified atom stereocenters. The molecule has 4 rings (SSSR count). The van der Waals surface area contributed by atoms with Gasteiger partial charge in [-0.3, -0.25) is 4.90 Å². The maximum atomic E-state index is 11.9. The lowest BCUT2D eigenvalue weighted by atomic mass is 10.1. The lowest BCUT2D eigenvalue weighted by molar-refractivity contribution is 0.0342. The predicted molar refractivity (Wildman–Crippen MR) is 98.5 cm³/mol. The average Bonchev–Trinajstić information content (AvgIpc) is 3.13. The van der Waals surface area contributed by atoms with Gasteiger partial charge in [-0.15, -0.1) is 0 Å². The Bertz CT molecular complexity index is 912. The van der Waals surface area contributed by atoms with E-state index >= 15 is 0 Å². The van der Waals surface area contributed by atoms with E-state index in [1.807, 2.05) is 18.3 Å². The lowest BCUT2D eigenvalue weighted by Gasteiger charge is -2.26. The van der Waals surface area contributed by atoms with Gasteiger partial charge < -0.3 is 9.47 Å². The first kappa shape index (κ1) is 16.8. The minimum atomic E-state index is -0.373. The molecule has 6 heteroatoms. The molecule has 1 saturated heterocycles. The summed E-state index contributed by atoms with van der Waals surface area (Å²) < 4.78 is 12.0. The molecule has 0 amide bonds. The number of hydrogen-bond acceptors (Lipinski definition) is 5. The highest BCUT2D eigenvalue weighted by molar-refractivity contribution is 6.02. The third-order valence-electron chi connectivity index (χ3n) is 4.65. The fourth-order valence-electron chi connectivity index (χ4n) is 3.22. The Kier molecular flexibility index (Phi) is 4.69. The Morgan fingerprint density at radius 2 is 1.92 bits per heavy atom. The van der Waals surface area contributed by atoms with Crippen LogP contribution in [0.4, 0.5) is 0 Å². The number of carbonyl (C=O) groups is 1. The van der Waals surface area contributed by atoms with Crippen molar-refractivity contribution in [2.24, 2.45) is 0 Å². The van der Waals surface area contributed by atoms with Gasteiger partial charge in [0.2, 0.25) is 0 Å². The normalized spacial score (nSPS) is 15.3. The molecule has 0 saturated carbocycles. The minimum absolute atomic E-state index is 0.373. The Hall–Kier alpha value is -2.70. The van der Waals surface area contributed by atoms with Gasteiger partial charge in [-0.1, -0.05) is 24.3 Å². The zero-order valence-corrected chi connectivity index (χ0v) is 14.7. The summed E-state index contributed by atoms with van der Waals surface area (Å²) in [6.45, 7) is 4.49. The summed E-state index contributed by atoms with van der Waals surface area (Å²) in [7, 11) is 1.38. The van der Waals surface area contributed by atoms with Crippen LogP contribution in [0.25, 0.3) is 16.6 Å². The summed E-state index contributed by atoms with van der Waals surface area (Å²) in [5.74, 6) is -0.373. The summed E-state index contributed by atoms with van der Waals surface area (Å²) >= 11 is 0. The lowest BCUT2D eigenvalue weighted by Crippen LogP contribution is -2.35. The predicted octanol–water partition coefficient (Wildman–Crippen LogP) is 2.64. The highest BCUT2D eigenvalue weighted by Crippen LogP contribution is 2.21. The van der Waals surface area contributed by atoms with Crippen molar-refractivity contribution >= 4 is 16.9 Å². The van der Waals surface area contributed by atoms with Crippen LogP contribution >= 0.6 is 0 Å². The van der Waals surface area contributed by atoms with Crippen LogP contribution < -0.4 is 0 Å². The van der Waals surface area contributed by atoms with Crippen molar-refractivity contribution in [1.29, 1.82) is 0 Å². The zero-order chi connectivity index (χ0) is 17.9. The van der Waals surface area contributed by atoms with E-state index in [1.165, 1.54) is 12.7 Å². The van der Waals surface area contributed by atoms with Gasteiger partial charge >= 0.3 is 5.97 Å². The number of benzene rings is 2. The molecule has 0 bridgehead atoms. The number of morpholine rings is 1. The molecule has 0 atom stereocenters. The molecule has 1 aliphatic rings. The van der Waals surface area contributed by atoms with E-state index < -0.39 is 0 Å². The van der Waals surface area contributed by atoms with Gasteiger partial charge in [0.1, 0.15) is 5.52 Å². The number of carbonyl (C=O) groups excluding carboxylic acids is 1. The number of ether oxygens (including phenoxy) is 2. The monoisotopic (exact) mass is 351 g/mol. The molecule has 2 heterocycles. The molecule has 26 heavy (non-hydrogen) atoms. The summed E-state index contributed by atoms with van der Waals surface area (Å²) in [5, 5.41) is 5.49. The van der Waals surface area contributed by atoms with Crippen LogP contribution in [0.15, 0.2) is 48.7 Å². The van der Waals surface area contributed by atoms with Crippen molar-refractivity contribution in [3.8, 4) is 5.69 Å². The van der Waals surface area contributed by atoms with Crippen LogP contribution in [0.1, 0.15) is 15.9 Å². The van der Waals surface area contributed by atoms with Gasteiger partial charge in [0.05, 0.1) is 31.6 Å². The second kappa shape index (κ2) is 7.27. The van der Waals surface area contributed by atoms with Gasteiger partial charge in [0, 0.05) is 31.2 Å². The van der Waals surface area contributed by atoms with Gasteiger partial charge in [0.15, 0.2) is 0 Å². The molecule has 6 nitrogen and oxygen atoms in total. The van der Waals surface area contributed by atoms with E-state index in [2.05, 4.69) is 34.3 Å². The van der Waals surface area contributed by atoms with Crippen LogP contribution in [0.2, 0.25) is 0 Å². The van der Waals surface area contributed by atoms with Crippen molar-refractivity contribution in [3.63, 3.8) is 0 Å². The largest absolute Gasteiger partial charge is 0.465 e. The second-order valence-corrected chi connectivity index (χ2v) is 6.36. The number of nitrogens with zero attached hydrogens (tertiary/aromatic N) is 3. The number of hydrogen-bond donors (Lipinski definition) is 0. The Labute approximate surface area is 151 Å². The number of fused-ring (bicyclic) bond motifs is 1. The van der Waals surface area contributed by atoms with Crippen molar-refractivity contribution in [3.05, 3.63) is 59.8 Å². The third-order valence-corrected chi connectivity index (χ3v) is 4.65. The maximum Gasteiger partial charge on any atom is 0.340 e. The third kappa shape index (κ3) is 3.34. The van der Waals surface area contributed by atoms with Gasteiger partial charge in [0.25, 0.3) is 0 Å². The first-order chi connectivity index (χ1) is 12.7. The topological polar surface area (TPSA) is 56.6 Å². The van der Waals surface area contributed by atoms with E-state index in [4.69, 9.17) is 9.47 Å². The average molecular weight is 351 g/mol. The maximum absolute atomic E-state index is 11.9. The molecule has 0 radical (unpaired) electrons. The van der Waals surface area contributed by atoms with E-state index in [0.29, 0.717) is 11.1 Å². The summed E-state index contributed by atoms with van der Waals surface area (Å²) in [6, 6.07) is 13.9. The van der Waals surface area contributed by atoms with Crippen LogP contribution in [-0.4, -0.2) is 54.1 Å². The molecule has 2 aromatic carbocycles. The van der Waals surface area contributed by atoms with E-state index in [0.717, 1.165) is 43.9 Å². The minimum Gasteiger partial charge on any atom is -0.465 e. The Morgan fingerprint density at radius 1 is 1.15 bits per heavy atom. The van der Waals surface area contributed by atoms with E-state index in [1.54, 1.807) is 10.7 Å². The van der Waals surface area contributed by atoms with E-state index in [9.17, 15) is 4.79 Å². The first-order valence-corrected chi connectivity index (χ1v) is 8.71.